The number of nitrogens with zero attached hydrogens (tertiary/aromatic N) is 2. The van der Waals surface area contributed by atoms with E-state index in [0.29, 0.717) is 37.5 Å². The van der Waals surface area contributed by atoms with Crippen molar-refractivity contribution in [3.05, 3.63) is 123 Å². The van der Waals surface area contributed by atoms with Crippen LogP contribution < -0.4 is 19.6 Å². The second kappa shape index (κ2) is 11.6. The molecule has 3 aromatic carbocycles. The zero-order chi connectivity index (χ0) is 27.7. The van der Waals surface area contributed by atoms with Gasteiger partial charge in [-0.05, 0) is 65.4 Å². The van der Waals surface area contributed by atoms with Crippen molar-refractivity contribution >= 4 is 67.6 Å². The summed E-state index contributed by atoms with van der Waals surface area (Å²) in [6.45, 7) is 1.86. The Balaban J connectivity index is 1.84. The van der Waals surface area contributed by atoms with Crippen molar-refractivity contribution in [1.29, 1.82) is 0 Å². The fourth-order valence-electron chi connectivity index (χ4n) is 4.44. The predicted molar refractivity (Wildman–Crippen MR) is 161 cm³/mol. The fourth-order valence-corrected chi connectivity index (χ4v) is 7.21. The lowest BCUT2D eigenvalue weighted by atomic mass is 9.93. The first-order valence-corrected chi connectivity index (χ1v) is 14.6. The molecule has 0 N–H and O–H groups in total. The summed E-state index contributed by atoms with van der Waals surface area (Å²) >= 11 is 6.90. The summed E-state index contributed by atoms with van der Waals surface area (Å²) in [6.07, 6.45) is 1.76. The van der Waals surface area contributed by atoms with Crippen LogP contribution in [0.3, 0.4) is 0 Å². The molecule has 1 aliphatic rings. The first-order valence-electron chi connectivity index (χ1n) is 11.9. The fraction of sp³-hybridized carbons (Fsp3) is 0.138. The van der Waals surface area contributed by atoms with E-state index in [9.17, 15) is 14.0 Å². The minimum Gasteiger partial charge on any atom is -0.495 e. The number of methoxy groups -OCH3 is 1. The Labute approximate surface area is 249 Å². The highest BCUT2D eigenvalue weighted by Crippen LogP contribution is 2.35. The van der Waals surface area contributed by atoms with Crippen LogP contribution in [0.25, 0.3) is 11.8 Å². The summed E-state index contributed by atoms with van der Waals surface area (Å²) in [7, 11) is 1.58. The molecule has 1 atom stereocenters. The SMILES string of the molecule is CCOC(=O)C1=C(c2ccccc2)N=c2s/c(=C\c3cc(Br)cc(I)c3OC)c(=O)n2[C@H]1c1ccc(F)cc1. The van der Waals surface area contributed by atoms with Crippen molar-refractivity contribution in [1.82, 2.24) is 4.57 Å². The number of rotatable bonds is 6. The van der Waals surface area contributed by atoms with Gasteiger partial charge in [0.2, 0.25) is 0 Å². The molecule has 2 heterocycles. The molecule has 0 saturated heterocycles. The average Bonchev–Trinajstić information content (AvgIpc) is 3.23. The Morgan fingerprint density at radius 2 is 1.90 bits per heavy atom. The lowest BCUT2D eigenvalue weighted by Crippen LogP contribution is -2.40. The number of carbonyl (C=O) groups is 1. The van der Waals surface area contributed by atoms with Gasteiger partial charge in [-0.25, -0.2) is 14.2 Å². The first-order chi connectivity index (χ1) is 18.8. The van der Waals surface area contributed by atoms with Crippen LogP contribution in [0.2, 0.25) is 0 Å². The molecule has 198 valence electrons. The molecule has 6 nitrogen and oxygen atoms in total. The highest BCUT2D eigenvalue weighted by atomic mass is 127. The molecule has 0 spiro atoms. The van der Waals surface area contributed by atoms with E-state index in [-0.39, 0.29) is 17.7 Å². The third kappa shape index (κ3) is 5.37. The average molecular weight is 719 g/mol. The molecule has 39 heavy (non-hydrogen) atoms. The molecule has 0 amide bonds. The van der Waals surface area contributed by atoms with Gasteiger partial charge in [-0.3, -0.25) is 9.36 Å². The molecule has 1 aliphatic heterocycles. The molecule has 1 aromatic heterocycles. The van der Waals surface area contributed by atoms with Crippen LogP contribution in [0, 0.1) is 9.39 Å². The zero-order valence-corrected chi connectivity index (χ0v) is 25.3. The Bertz CT molecular complexity index is 1780. The minimum absolute atomic E-state index is 0.145. The van der Waals surface area contributed by atoms with Gasteiger partial charge in [-0.15, -0.1) is 0 Å². The number of fused-ring (bicyclic) bond motifs is 1. The Morgan fingerprint density at radius 3 is 2.56 bits per heavy atom. The number of hydrogen-bond acceptors (Lipinski definition) is 6. The predicted octanol–water partition coefficient (Wildman–Crippen LogP) is 5.45. The van der Waals surface area contributed by atoms with Gasteiger partial charge in [0.05, 0.1) is 39.1 Å². The van der Waals surface area contributed by atoms with Gasteiger partial charge in [0.1, 0.15) is 11.6 Å². The molecule has 0 fully saturated rings. The largest absolute Gasteiger partial charge is 0.495 e. The van der Waals surface area contributed by atoms with Crippen LogP contribution >= 0.6 is 49.9 Å². The van der Waals surface area contributed by atoms with E-state index < -0.39 is 17.8 Å². The number of benzene rings is 3. The number of thiazole rings is 1. The smallest absolute Gasteiger partial charge is 0.338 e. The van der Waals surface area contributed by atoms with E-state index >= 15 is 0 Å². The van der Waals surface area contributed by atoms with Crippen molar-refractivity contribution in [2.45, 2.75) is 13.0 Å². The molecule has 0 saturated carbocycles. The van der Waals surface area contributed by atoms with E-state index in [1.54, 1.807) is 32.2 Å². The van der Waals surface area contributed by atoms with E-state index in [1.165, 1.54) is 28.0 Å². The van der Waals surface area contributed by atoms with Crippen LogP contribution in [0.4, 0.5) is 4.39 Å². The van der Waals surface area contributed by atoms with Crippen LogP contribution in [-0.2, 0) is 9.53 Å². The number of aromatic nitrogens is 1. The molecule has 0 aliphatic carbocycles. The maximum Gasteiger partial charge on any atom is 0.338 e. The van der Waals surface area contributed by atoms with Gasteiger partial charge in [0.25, 0.3) is 5.56 Å². The number of hydrogen-bond donors (Lipinski definition) is 0. The molecule has 0 bridgehead atoms. The molecule has 4 aromatic rings. The van der Waals surface area contributed by atoms with Gasteiger partial charge in [0.15, 0.2) is 4.80 Å². The Hall–Kier alpha value is -3.09. The second-order valence-electron chi connectivity index (χ2n) is 8.49. The summed E-state index contributed by atoms with van der Waals surface area (Å²) in [5.41, 5.74) is 2.26. The number of esters is 1. The van der Waals surface area contributed by atoms with Gasteiger partial charge in [-0.2, -0.15) is 0 Å². The maximum atomic E-state index is 14.0. The van der Waals surface area contributed by atoms with Crippen molar-refractivity contribution in [2.24, 2.45) is 4.99 Å². The normalized spacial score (nSPS) is 15.1. The van der Waals surface area contributed by atoms with Gasteiger partial charge in [-0.1, -0.05) is 69.7 Å². The van der Waals surface area contributed by atoms with Crippen molar-refractivity contribution < 1.29 is 18.7 Å². The maximum absolute atomic E-state index is 14.0. The third-order valence-electron chi connectivity index (χ3n) is 6.09. The van der Waals surface area contributed by atoms with Crippen LogP contribution in [0.1, 0.15) is 29.7 Å². The summed E-state index contributed by atoms with van der Waals surface area (Å²) in [5.74, 6) is -0.378. The topological polar surface area (TPSA) is 69.9 Å². The lowest BCUT2D eigenvalue weighted by Gasteiger charge is -2.25. The van der Waals surface area contributed by atoms with E-state index in [1.807, 2.05) is 42.5 Å². The number of halogens is 3. The van der Waals surface area contributed by atoms with Crippen molar-refractivity contribution in [2.75, 3.05) is 13.7 Å². The van der Waals surface area contributed by atoms with E-state index in [0.717, 1.165) is 8.04 Å². The monoisotopic (exact) mass is 718 g/mol. The van der Waals surface area contributed by atoms with Crippen LogP contribution in [0.5, 0.6) is 5.75 Å². The molecule has 0 radical (unpaired) electrons. The molecular weight excluding hydrogens is 698 g/mol. The minimum atomic E-state index is -0.872. The van der Waals surface area contributed by atoms with E-state index in [2.05, 4.69) is 38.5 Å². The number of ether oxygens (including phenoxy) is 2. The van der Waals surface area contributed by atoms with Crippen LogP contribution in [0.15, 0.2) is 86.6 Å². The lowest BCUT2D eigenvalue weighted by molar-refractivity contribution is -0.138. The highest BCUT2D eigenvalue weighted by Gasteiger charge is 2.35. The number of carbonyl (C=O) groups excluding carboxylic acids is 1. The molecular formula is C29H21BrFIN2O4S. The standard InChI is InChI=1S/C29H21BrFIN2O4S/c1-3-38-28(36)23-24(16-7-5-4-6-8-16)33-29-34(25(23)17-9-11-20(31)12-10-17)27(35)22(39-29)14-18-13-19(30)15-21(32)26(18)37-2/h4-15,25H,3H2,1-2H3/b22-14-/t25-/m0/s1. The summed E-state index contributed by atoms with van der Waals surface area (Å²) in [6, 6.07) is 18.0. The molecule has 0 unspecified atom stereocenters. The van der Waals surface area contributed by atoms with Crippen molar-refractivity contribution in [3.63, 3.8) is 0 Å². The molecule has 10 heteroatoms. The Morgan fingerprint density at radius 1 is 1.18 bits per heavy atom. The first kappa shape index (κ1) is 27.5. The second-order valence-corrected chi connectivity index (χ2v) is 11.6. The quantitative estimate of drug-likeness (QED) is 0.197. The molecule has 5 rings (SSSR count). The van der Waals surface area contributed by atoms with Gasteiger partial charge in [0, 0.05) is 15.6 Å². The Kier molecular flexibility index (Phi) is 8.15. The van der Waals surface area contributed by atoms with Gasteiger partial charge < -0.3 is 9.47 Å². The highest BCUT2D eigenvalue weighted by molar-refractivity contribution is 14.1. The summed E-state index contributed by atoms with van der Waals surface area (Å²) in [4.78, 5) is 32.7. The van der Waals surface area contributed by atoms with Crippen LogP contribution in [-0.4, -0.2) is 24.3 Å². The summed E-state index contributed by atoms with van der Waals surface area (Å²) < 4.78 is 28.6. The van der Waals surface area contributed by atoms with Gasteiger partial charge >= 0.3 is 5.97 Å². The zero-order valence-electron chi connectivity index (χ0n) is 20.8. The van der Waals surface area contributed by atoms with Crippen molar-refractivity contribution in [3.8, 4) is 5.75 Å². The third-order valence-corrected chi connectivity index (χ3v) is 8.33. The summed E-state index contributed by atoms with van der Waals surface area (Å²) in [5, 5.41) is 0. The van der Waals surface area contributed by atoms with E-state index in [4.69, 9.17) is 14.5 Å².